The fourth-order valence-corrected chi connectivity index (χ4v) is 3.71. The lowest BCUT2D eigenvalue weighted by Gasteiger charge is -2.34. The molecule has 1 aliphatic carbocycles. The Morgan fingerprint density at radius 1 is 1.27 bits per heavy atom. The van der Waals surface area contributed by atoms with Crippen LogP contribution in [0.4, 0.5) is 0 Å². The first-order chi connectivity index (χ1) is 12.4. The van der Waals surface area contributed by atoms with Gasteiger partial charge in [0.2, 0.25) is 0 Å². The maximum atomic E-state index is 12.1. The van der Waals surface area contributed by atoms with Gasteiger partial charge >= 0.3 is 5.97 Å². The summed E-state index contributed by atoms with van der Waals surface area (Å²) in [7, 11) is 0. The van der Waals surface area contributed by atoms with E-state index in [4.69, 9.17) is 9.15 Å². The van der Waals surface area contributed by atoms with Gasteiger partial charge in [0.1, 0.15) is 5.58 Å². The van der Waals surface area contributed by atoms with E-state index in [9.17, 15) is 9.59 Å². The Morgan fingerprint density at radius 2 is 2.08 bits per heavy atom. The van der Waals surface area contributed by atoms with Crippen molar-refractivity contribution in [2.45, 2.75) is 52.5 Å². The van der Waals surface area contributed by atoms with Crippen LogP contribution in [-0.2, 0) is 20.7 Å². The zero-order valence-corrected chi connectivity index (χ0v) is 15.7. The molecule has 1 aromatic heterocycles. The average molecular weight is 357 g/mol. The smallest absolute Gasteiger partial charge is 0.310 e. The van der Waals surface area contributed by atoms with Crippen LogP contribution < -0.4 is 5.32 Å². The molecule has 26 heavy (non-hydrogen) atoms. The quantitative estimate of drug-likeness (QED) is 0.827. The van der Waals surface area contributed by atoms with Crippen molar-refractivity contribution in [1.82, 2.24) is 5.32 Å². The van der Waals surface area contributed by atoms with Gasteiger partial charge in [-0.15, -0.1) is 0 Å². The van der Waals surface area contributed by atoms with Gasteiger partial charge in [0.05, 0.1) is 12.7 Å². The predicted molar refractivity (Wildman–Crippen MR) is 99.7 cm³/mol. The molecule has 1 N–H and O–H groups in total. The van der Waals surface area contributed by atoms with Crippen LogP contribution in [0.1, 0.15) is 44.2 Å². The third-order valence-corrected chi connectivity index (χ3v) is 5.56. The molecule has 140 valence electrons. The van der Waals surface area contributed by atoms with Crippen LogP contribution in [0.2, 0.25) is 0 Å². The van der Waals surface area contributed by atoms with Gasteiger partial charge in [-0.3, -0.25) is 9.59 Å². The van der Waals surface area contributed by atoms with Gasteiger partial charge in [0.25, 0.3) is 5.91 Å². The Hall–Kier alpha value is -2.30. The van der Waals surface area contributed by atoms with E-state index in [1.54, 1.807) is 6.26 Å². The van der Waals surface area contributed by atoms with Crippen molar-refractivity contribution in [2.24, 2.45) is 11.8 Å². The molecular weight excluding hydrogens is 330 g/mol. The van der Waals surface area contributed by atoms with E-state index >= 15 is 0 Å². The Labute approximate surface area is 154 Å². The molecule has 0 saturated heterocycles. The molecule has 5 nitrogen and oxygen atoms in total. The van der Waals surface area contributed by atoms with Crippen LogP contribution in [0.3, 0.4) is 0 Å². The zero-order valence-electron chi connectivity index (χ0n) is 15.7. The van der Waals surface area contributed by atoms with Crippen LogP contribution >= 0.6 is 0 Å². The normalized spacial score (nSPS) is 23.0. The Bertz CT molecular complexity index is 794. The lowest BCUT2D eigenvalue weighted by Crippen LogP contribution is -2.45. The molecule has 0 spiro atoms. The van der Waals surface area contributed by atoms with Crippen LogP contribution in [0, 0.1) is 18.8 Å². The number of furan rings is 1. The molecule has 1 amide bonds. The van der Waals surface area contributed by atoms with Gasteiger partial charge in [-0.1, -0.05) is 38.8 Å². The molecule has 1 heterocycles. The molecule has 0 radical (unpaired) electrons. The number of aryl methyl sites for hydroxylation is 1. The van der Waals surface area contributed by atoms with Crippen LogP contribution in [0.25, 0.3) is 11.0 Å². The topological polar surface area (TPSA) is 68.5 Å². The summed E-state index contributed by atoms with van der Waals surface area (Å²) in [5.41, 5.74) is 2.63. The van der Waals surface area contributed by atoms with Crippen molar-refractivity contribution in [3.05, 3.63) is 35.6 Å². The number of carbonyl (C=O) groups excluding carboxylic acids is 2. The Balaban J connectivity index is 1.49. The molecule has 0 bridgehead atoms. The monoisotopic (exact) mass is 357 g/mol. The highest BCUT2D eigenvalue weighted by Crippen LogP contribution is 2.29. The number of amides is 1. The third kappa shape index (κ3) is 4.26. The largest absolute Gasteiger partial charge is 0.464 e. The van der Waals surface area contributed by atoms with E-state index in [0.717, 1.165) is 34.9 Å². The summed E-state index contributed by atoms with van der Waals surface area (Å²) < 4.78 is 10.7. The average Bonchev–Trinajstić information content (AvgIpc) is 2.99. The second-order valence-electron chi connectivity index (χ2n) is 7.54. The number of rotatable bonds is 5. The number of hydrogen-bond acceptors (Lipinski definition) is 4. The highest BCUT2D eigenvalue weighted by atomic mass is 16.5. The van der Waals surface area contributed by atoms with E-state index in [2.05, 4.69) is 19.2 Å². The predicted octanol–water partition coefficient (Wildman–Crippen LogP) is 3.77. The number of esters is 1. The summed E-state index contributed by atoms with van der Waals surface area (Å²) >= 11 is 0. The molecule has 0 aliphatic heterocycles. The van der Waals surface area contributed by atoms with E-state index in [1.165, 1.54) is 6.42 Å². The second-order valence-corrected chi connectivity index (χ2v) is 7.54. The number of ether oxygens (including phenoxy) is 1. The summed E-state index contributed by atoms with van der Waals surface area (Å²) in [6.07, 6.45) is 5.01. The fraction of sp³-hybridized carbons (Fsp3) is 0.524. The van der Waals surface area contributed by atoms with E-state index < -0.39 is 5.97 Å². The van der Waals surface area contributed by atoms with Crippen LogP contribution in [0.5, 0.6) is 0 Å². The first kappa shape index (κ1) is 18.5. The first-order valence-electron chi connectivity index (χ1n) is 9.35. The van der Waals surface area contributed by atoms with Crippen molar-refractivity contribution in [3.63, 3.8) is 0 Å². The highest BCUT2D eigenvalue weighted by molar-refractivity contribution is 5.87. The van der Waals surface area contributed by atoms with E-state index in [-0.39, 0.29) is 25.0 Å². The number of hydrogen-bond donors (Lipinski definition) is 1. The number of carbonyl (C=O) groups is 2. The van der Waals surface area contributed by atoms with Crippen LogP contribution in [0.15, 0.2) is 28.9 Å². The lowest BCUT2D eigenvalue weighted by molar-refractivity contribution is -0.148. The van der Waals surface area contributed by atoms with Gasteiger partial charge in [-0.25, -0.2) is 0 Å². The zero-order chi connectivity index (χ0) is 18.7. The SMILES string of the molecule is Cc1ccc2c(CC(=O)OCC(=O)N[C@H]3CCC[C@H](C)[C@@H]3C)coc2c1. The number of nitrogens with one attached hydrogen (secondary N) is 1. The molecular formula is C21H27NO4. The van der Waals surface area contributed by atoms with Crippen molar-refractivity contribution in [2.75, 3.05) is 6.61 Å². The minimum Gasteiger partial charge on any atom is -0.464 e. The van der Waals surface area contributed by atoms with E-state index in [0.29, 0.717) is 11.8 Å². The molecule has 1 aliphatic rings. The molecule has 1 saturated carbocycles. The van der Waals surface area contributed by atoms with Crippen molar-refractivity contribution in [3.8, 4) is 0 Å². The fourth-order valence-electron chi connectivity index (χ4n) is 3.71. The summed E-state index contributed by atoms with van der Waals surface area (Å²) in [5, 5.41) is 3.92. The molecule has 1 fully saturated rings. The minimum atomic E-state index is -0.423. The number of benzene rings is 1. The van der Waals surface area contributed by atoms with Gasteiger partial charge in [0.15, 0.2) is 6.61 Å². The maximum Gasteiger partial charge on any atom is 0.310 e. The summed E-state index contributed by atoms with van der Waals surface area (Å²) in [5.74, 6) is 0.407. The van der Waals surface area contributed by atoms with Gasteiger partial charge < -0.3 is 14.5 Å². The van der Waals surface area contributed by atoms with E-state index in [1.807, 2.05) is 25.1 Å². The third-order valence-electron chi connectivity index (χ3n) is 5.56. The van der Waals surface area contributed by atoms with Crippen molar-refractivity contribution < 1.29 is 18.7 Å². The van der Waals surface area contributed by atoms with Crippen LogP contribution in [-0.4, -0.2) is 24.5 Å². The molecule has 3 rings (SSSR count). The van der Waals surface area contributed by atoms with Crippen molar-refractivity contribution >= 4 is 22.8 Å². The number of fused-ring (bicyclic) bond motifs is 1. The minimum absolute atomic E-state index is 0.0974. The van der Waals surface area contributed by atoms with Gasteiger partial charge in [-0.2, -0.15) is 0 Å². The maximum absolute atomic E-state index is 12.1. The highest BCUT2D eigenvalue weighted by Gasteiger charge is 2.28. The summed E-state index contributed by atoms with van der Waals surface area (Å²) in [6, 6.07) is 6.02. The van der Waals surface area contributed by atoms with Gasteiger partial charge in [0, 0.05) is 17.0 Å². The van der Waals surface area contributed by atoms with Gasteiger partial charge in [-0.05, 0) is 36.8 Å². The molecule has 2 aromatic rings. The molecule has 5 heteroatoms. The molecule has 1 aromatic carbocycles. The molecule has 3 atom stereocenters. The van der Waals surface area contributed by atoms with Crippen molar-refractivity contribution in [1.29, 1.82) is 0 Å². The second kappa shape index (κ2) is 7.94. The summed E-state index contributed by atoms with van der Waals surface area (Å²) in [6.45, 7) is 6.15. The first-order valence-corrected chi connectivity index (χ1v) is 9.35. The summed E-state index contributed by atoms with van der Waals surface area (Å²) in [4.78, 5) is 24.2. The Kier molecular flexibility index (Phi) is 5.64. The standard InChI is InChI=1S/C21H27NO4/c1-13-7-8-17-16(11-25-19(17)9-13)10-21(24)26-12-20(23)22-18-6-4-5-14(2)15(18)3/h7-9,11,14-15,18H,4-6,10,12H2,1-3H3,(H,22,23)/t14-,15-,18-/m0/s1. The Morgan fingerprint density at radius 3 is 2.88 bits per heavy atom. The lowest BCUT2D eigenvalue weighted by atomic mass is 9.78. The molecule has 0 unspecified atom stereocenters.